The van der Waals surface area contributed by atoms with Crippen molar-refractivity contribution >= 4 is 5.84 Å². The third-order valence-electron chi connectivity index (χ3n) is 3.15. The smallest absolute Gasteiger partial charge is 0.176 e. The van der Waals surface area contributed by atoms with Crippen LogP contribution in [0.5, 0.6) is 0 Å². The number of hydrogen-bond acceptors (Lipinski definition) is 3. The molecule has 1 aromatic carbocycles. The second-order valence-corrected chi connectivity index (χ2v) is 4.17. The number of likely N-dealkylation sites (N-methyl/N-ethyl adjacent to an activating group) is 1. The van der Waals surface area contributed by atoms with Gasteiger partial charge in [0.2, 0.25) is 0 Å². The Bertz CT molecular complexity index is 467. The van der Waals surface area contributed by atoms with Crippen molar-refractivity contribution in [1.82, 2.24) is 4.90 Å². The molecule has 4 heteroatoms. The van der Waals surface area contributed by atoms with Crippen molar-refractivity contribution in [3.8, 4) is 0 Å². The minimum Gasteiger partial charge on any atom is -0.486 e. The second kappa shape index (κ2) is 4.49. The number of nitrogens with two attached hydrogens (primary N) is 1. The molecule has 0 saturated carbocycles. The molecule has 0 spiro atoms. The monoisotopic (exact) mass is 231 g/mol. The van der Waals surface area contributed by atoms with Crippen LogP contribution >= 0.6 is 0 Å². The first-order chi connectivity index (χ1) is 8.15. The lowest BCUT2D eigenvalue weighted by Gasteiger charge is -2.36. The molecule has 0 aliphatic carbocycles. The molecule has 1 aliphatic heterocycles. The molecule has 1 saturated heterocycles. The van der Waals surface area contributed by atoms with Crippen molar-refractivity contribution in [3.63, 3.8) is 0 Å². The number of amidine groups is 1. The quantitative estimate of drug-likeness (QED) is 0.774. The Morgan fingerprint density at radius 1 is 1.47 bits per heavy atom. The van der Waals surface area contributed by atoms with Crippen molar-refractivity contribution in [1.29, 1.82) is 5.41 Å². The summed E-state index contributed by atoms with van der Waals surface area (Å²) in [6, 6.07) is 8.24. The summed E-state index contributed by atoms with van der Waals surface area (Å²) in [5.74, 6) is 0.768. The van der Waals surface area contributed by atoms with Gasteiger partial charge >= 0.3 is 0 Å². The van der Waals surface area contributed by atoms with Gasteiger partial charge in [0.05, 0.1) is 6.04 Å². The molecular formula is C13H17N3O. The number of nitrogens with one attached hydrogen (secondary N) is 1. The molecule has 0 radical (unpaired) electrons. The first kappa shape index (κ1) is 11.5. The number of ether oxygens (including phenoxy) is 1. The number of benzene rings is 1. The minimum atomic E-state index is 0.0763. The summed E-state index contributed by atoms with van der Waals surface area (Å²) in [5, 5.41) is 7.95. The predicted octanol–water partition coefficient (Wildman–Crippen LogP) is 1.78. The van der Waals surface area contributed by atoms with Gasteiger partial charge in [0, 0.05) is 13.2 Å². The van der Waals surface area contributed by atoms with E-state index in [2.05, 4.69) is 19.1 Å². The van der Waals surface area contributed by atoms with E-state index < -0.39 is 0 Å². The van der Waals surface area contributed by atoms with Crippen LogP contribution in [0.2, 0.25) is 0 Å². The molecule has 17 heavy (non-hydrogen) atoms. The first-order valence-electron chi connectivity index (χ1n) is 5.57. The first-order valence-corrected chi connectivity index (χ1v) is 5.57. The fourth-order valence-corrected chi connectivity index (χ4v) is 2.06. The highest BCUT2D eigenvalue weighted by atomic mass is 16.5. The zero-order valence-corrected chi connectivity index (χ0v) is 10.1. The molecule has 1 aromatic rings. The zero-order valence-electron chi connectivity index (χ0n) is 10.1. The number of aryl methyl sites for hydroxylation is 1. The summed E-state index contributed by atoms with van der Waals surface area (Å²) in [7, 11) is 1.89. The molecule has 1 fully saturated rings. The molecule has 1 heterocycles. The van der Waals surface area contributed by atoms with Crippen LogP contribution in [-0.4, -0.2) is 24.4 Å². The Hall–Kier alpha value is -1.97. The predicted molar refractivity (Wildman–Crippen MR) is 67.6 cm³/mol. The minimum absolute atomic E-state index is 0.0763. The van der Waals surface area contributed by atoms with E-state index in [1.807, 2.05) is 24.1 Å². The number of morpholine rings is 1. The van der Waals surface area contributed by atoms with Crippen LogP contribution in [-0.2, 0) is 4.74 Å². The van der Waals surface area contributed by atoms with E-state index in [0.717, 1.165) is 0 Å². The summed E-state index contributed by atoms with van der Waals surface area (Å²) < 4.78 is 5.50. The topological polar surface area (TPSA) is 62.3 Å². The summed E-state index contributed by atoms with van der Waals surface area (Å²) >= 11 is 0. The molecule has 4 nitrogen and oxygen atoms in total. The van der Waals surface area contributed by atoms with E-state index in [4.69, 9.17) is 15.9 Å². The van der Waals surface area contributed by atoms with Gasteiger partial charge in [0.15, 0.2) is 11.6 Å². The van der Waals surface area contributed by atoms with Crippen LogP contribution in [0, 0.1) is 12.3 Å². The average molecular weight is 231 g/mol. The Kier molecular flexibility index (Phi) is 3.04. The number of hydrogen-bond donors (Lipinski definition) is 2. The maximum atomic E-state index is 7.95. The van der Waals surface area contributed by atoms with E-state index in [9.17, 15) is 0 Å². The normalized spacial score (nSPS) is 22.7. The summed E-state index contributed by atoms with van der Waals surface area (Å²) in [4.78, 5) is 1.89. The van der Waals surface area contributed by atoms with Gasteiger partial charge in [-0.15, -0.1) is 0 Å². The molecule has 90 valence electrons. The van der Waals surface area contributed by atoms with E-state index in [1.165, 1.54) is 17.3 Å². The van der Waals surface area contributed by atoms with Crippen LogP contribution in [0.25, 0.3) is 0 Å². The lowest BCUT2D eigenvalue weighted by atomic mass is 9.99. The van der Waals surface area contributed by atoms with Gasteiger partial charge in [-0.3, -0.25) is 5.41 Å². The van der Waals surface area contributed by atoms with Crippen molar-refractivity contribution in [2.45, 2.75) is 13.0 Å². The Balaban J connectivity index is 2.31. The molecule has 0 aromatic heterocycles. The maximum absolute atomic E-state index is 7.95. The van der Waals surface area contributed by atoms with Crippen molar-refractivity contribution < 1.29 is 4.74 Å². The van der Waals surface area contributed by atoms with Gasteiger partial charge in [-0.2, -0.15) is 0 Å². The molecule has 2 rings (SSSR count). The number of nitrogens with zero attached hydrogens (tertiary/aromatic N) is 1. The second-order valence-electron chi connectivity index (χ2n) is 4.17. The third kappa shape index (κ3) is 1.98. The molecular weight excluding hydrogens is 214 g/mol. The molecule has 0 amide bonds. The maximum Gasteiger partial charge on any atom is 0.176 e. The largest absolute Gasteiger partial charge is 0.486 e. The van der Waals surface area contributed by atoms with Gasteiger partial charge in [-0.25, -0.2) is 0 Å². The van der Waals surface area contributed by atoms with Crippen molar-refractivity contribution in [3.05, 3.63) is 47.4 Å². The summed E-state index contributed by atoms with van der Waals surface area (Å²) in [6.07, 6.45) is 1.34. The van der Waals surface area contributed by atoms with Crippen molar-refractivity contribution in [2.75, 3.05) is 13.7 Å². The molecule has 1 aliphatic rings. The zero-order chi connectivity index (χ0) is 12.4. The van der Waals surface area contributed by atoms with Gasteiger partial charge in [-0.1, -0.05) is 24.3 Å². The fourth-order valence-electron chi connectivity index (χ4n) is 2.06. The fraction of sp³-hybridized carbons (Fsp3) is 0.308. The van der Waals surface area contributed by atoms with Crippen LogP contribution in [0.4, 0.5) is 0 Å². The molecule has 3 N–H and O–H groups in total. The van der Waals surface area contributed by atoms with Gasteiger partial charge in [0.25, 0.3) is 0 Å². The van der Waals surface area contributed by atoms with Gasteiger partial charge < -0.3 is 15.4 Å². The van der Waals surface area contributed by atoms with Crippen LogP contribution < -0.4 is 5.73 Å². The molecule has 1 unspecified atom stereocenters. The third-order valence-corrected chi connectivity index (χ3v) is 3.15. The van der Waals surface area contributed by atoms with E-state index >= 15 is 0 Å². The van der Waals surface area contributed by atoms with E-state index in [0.29, 0.717) is 18.2 Å². The summed E-state index contributed by atoms with van der Waals surface area (Å²) in [5.41, 5.74) is 7.82. The van der Waals surface area contributed by atoms with Crippen LogP contribution in [0.15, 0.2) is 36.2 Å². The Morgan fingerprint density at radius 2 is 2.18 bits per heavy atom. The van der Waals surface area contributed by atoms with Gasteiger partial charge in [-0.05, 0) is 18.1 Å². The molecule has 0 bridgehead atoms. The highest BCUT2D eigenvalue weighted by Crippen LogP contribution is 2.28. The Morgan fingerprint density at radius 3 is 2.82 bits per heavy atom. The van der Waals surface area contributed by atoms with Crippen molar-refractivity contribution in [2.24, 2.45) is 5.73 Å². The SMILES string of the molecule is Cc1ccccc1C1CO/C(=C/N)C(=N)N1C. The lowest BCUT2D eigenvalue weighted by molar-refractivity contribution is 0.125. The Labute approximate surface area is 101 Å². The van der Waals surface area contributed by atoms with Crippen LogP contribution in [0.1, 0.15) is 17.2 Å². The lowest BCUT2D eigenvalue weighted by Crippen LogP contribution is -2.40. The van der Waals surface area contributed by atoms with Crippen LogP contribution in [0.3, 0.4) is 0 Å². The number of rotatable bonds is 1. The van der Waals surface area contributed by atoms with E-state index in [1.54, 1.807) is 0 Å². The van der Waals surface area contributed by atoms with Gasteiger partial charge in [0.1, 0.15) is 6.61 Å². The highest BCUT2D eigenvalue weighted by Gasteiger charge is 2.29. The summed E-state index contributed by atoms with van der Waals surface area (Å²) in [6.45, 7) is 2.59. The molecule has 1 atom stereocenters. The van der Waals surface area contributed by atoms with E-state index in [-0.39, 0.29) is 6.04 Å². The highest BCUT2D eigenvalue weighted by molar-refractivity contribution is 5.94. The average Bonchev–Trinajstić information content (AvgIpc) is 2.34. The standard InChI is InChI=1S/C13H17N3O/c1-9-5-3-4-6-10(9)11-8-17-12(7-14)13(15)16(11)2/h3-7,11,15H,8,14H2,1-2H3/b12-7+,15-13?.